The summed E-state index contributed by atoms with van der Waals surface area (Å²) in [6.45, 7) is 3.28. The van der Waals surface area contributed by atoms with Crippen LogP contribution in [0.1, 0.15) is 0 Å². The second-order valence-electron chi connectivity index (χ2n) is 6.58. The SMILES string of the molecule is COc1ccc(N2CCN(CC(=O)Nc3ccc(OC(F)(F)F)cc3)CC2)cc1.Cl. The van der Waals surface area contributed by atoms with Crippen molar-refractivity contribution in [1.82, 2.24) is 4.90 Å². The Morgan fingerprint density at radius 3 is 2.07 bits per heavy atom. The van der Waals surface area contributed by atoms with Gasteiger partial charge in [0.2, 0.25) is 5.91 Å². The van der Waals surface area contributed by atoms with Gasteiger partial charge in [-0.25, -0.2) is 0 Å². The van der Waals surface area contributed by atoms with E-state index >= 15 is 0 Å². The summed E-state index contributed by atoms with van der Waals surface area (Å²) in [5.74, 6) is 0.264. The van der Waals surface area contributed by atoms with Crippen LogP contribution in [0.25, 0.3) is 0 Å². The normalized spacial score (nSPS) is 14.6. The third kappa shape index (κ3) is 7.00. The van der Waals surface area contributed by atoms with Crippen LogP contribution >= 0.6 is 12.4 Å². The van der Waals surface area contributed by atoms with Crippen molar-refractivity contribution in [3.63, 3.8) is 0 Å². The van der Waals surface area contributed by atoms with Gasteiger partial charge in [-0.2, -0.15) is 0 Å². The van der Waals surface area contributed by atoms with Gasteiger partial charge in [0.1, 0.15) is 11.5 Å². The minimum atomic E-state index is -4.74. The zero-order valence-corrected chi connectivity index (χ0v) is 17.1. The number of hydrogen-bond acceptors (Lipinski definition) is 5. The summed E-state index contributed by atoms with van der Waals surface area (Å²) >= 11 is 0. The number of rotatable bonds is 6. The largest absolute Gasteiger partial charge is 0.573 e. The van der Waals surface area contributed by atoms with E-state index in [2.05, 4.69) is 15.0 Å². The fourth-order valence-electron chi connectivity index (χ4n) is 3.10. The van der Waals surface area contributed by atoms with Gasteiger partial charge in [0.25, 0.3) is 0 Å². The quantitative estimate of drug-likeness (QED) is 0.733. The molecule has 1 aliphatic rings. The van der Waals surface area contributed by atoms with Crippen molar-refractivity contribution in [2.24, 2.45) is 0 Å². The molecule has 0 bridgehead atoms. The highest BCUT2D eigenvalue weighted by Crippen LogP contribution is 2.24. The molecule has 0 spiro atoms. The number of carbonyl (C=O) groups is 1. The summed E-state index contributed by atoms with van der Waals surface area (Å²) in [5.41, 5.74) is 1.53. The minimum absolute atomic E-state index is 0. The molecule has 3 rings (SSSR count). The van der Waals surface area contributed by atoms with E-state index in [0.717, 1.165) is 49.7 Å². The number of hydrogen-bond donors (Lipinski definition) is 1. The van der Waals surface area contributed by atoms with Crippen LogP contribution in [0.2, 0.25) is 0 Å². The van der Waals surface area contributed by atoms with Crippen molar-refractivity contribution in [3.8, 4) is 11.5 Å². The molecule has 0 atom stereocenters. The molecule has 1 aliphatic heterocycles. The van der Waals surface area contributed by atoms with Crippen molar-refractivity contribution < 1.29 is 27.4 Å². The molecule has 2 aromatic carbocycles. The molecule has 0 aromatic heterocycles. The first kappa shape index (κ1) is 23.6. The van der Waals surface area contributed by atoms with E-state index in [4.69, 9.17) is 4.74 Å². The maximum atomic E-state index is 12.2. The van der Waals surface area contributed by atoms with Crippen molar-refractivity contribution in [3.05, 3.63) is 48.5 Å². The fraction of sp³-hybridized carbons (Fsp3) is 0.350. The molecule has 1 amide bonds. The standard InChI is InChI=1S/C20H22F3N3O3.ClH/c1-28-17-8-4-16(5-9-17)26-12-10-25(11-13-26)14-19(27)24-15-2-6-18(7-3-15)29-20(21,22)23;/h2-9H,10-14H2,1H3,(H,24,27);1H. The van der Waals surface area contributed by atoms with Crippen molar-refractivity contribution in [2.45, 2.75) is 6.36 Å². The van der Waals surface area contributed by atoms with Crippen molar-refractivity contribution in [1.29, 1.82) is 0 Å². The number of alkyl halides is 3. The average molecular weight is 446 g/mol. The summed E-state index contributed by atoms with van der Waals surface area (Å²) < 4.78 is 45.5. The molecule has 1 N–H and O–H groups in total. The van der Waals surface area contributed by atoms with E-state index in [0.29, 0.717) is 5.69 Å². The van der Waals surface area contributed by atoms with Gasteiger partial charge in [-0.1, -0.05) is 0 Å². The zero-order chi connectivity index (χ0) is 20.9. The molecule has 0 radical (unpaired) electrons. The monoisotopic (exact) mass is 445 g/mol. The first-order valence-electron chi connectivity index (χ1n) is 9.09. The van der Waals surface area contributed by atoms with E-state index < -0.39 is 6.36 Å². The Hall–Kier alpha value is -2.65. The van der Waals surface area contributed by atoms with E-state index in [9.17, 15) is 18.0 Å². The molecule has 30 heavy (non-hydrogen) atoms. The Kier molecular flexibility index (Phi) is 8.19. The molecule has 0 aliphatic carbocycles. The molecule has 6 nitrogen and oxygen atoms in total. The van der Waals surface area contributed by atoms with Crippen molar-refractivity contribution in [2.75, 3.05) is 50.1 Å². The summed E-state index contributed by atoms with van der Waals surface area (Å²) in [5, 5.41) is 2.69. The van der Waals surface area contributed by atoms with E-state index in [1.165, 1.54) is 12.1 Å². The van der Waals surface area contributed by atoms with E-state index in [-0.39, 0.29) is 30.6 Å². The van der Waals surface area contributed by atoms with Gasteiger partial charge in [0, 0.05) is 37.6 Å². The van der Waals surface area contributed by atoms with Crippen LogP contribution in [-0.4, -0.2) is 57.0 Å². The Morgan fingerprint density at radius 1 is 0.967 bits per heavy atom. The predicted molar refractivity (Wildman–Crippen MR) is 111 cm³/mol. The highest BCUT2D eigenvalue weighted by molar-refractivity contribution is 5.92. The molecule has 2 aromatic rings. The molecular formula is C20H23ClF3N3O3. The third-order valence-electron chi connectivity index (χ3n) is 4.55. The highest BCUT2D eigenvalue weighted by Gasteiger charge is 2.31. The Bertz CT molecular complexity index is 809. The van der Waals surface area contributed by atoms with E-state index in [1.807, 2.05) is 29.2 Å². The lowest BCUT2D eigenvalue weighted by Crippen LogP contribution is -2.48. The number of benzene rings is 2. The number of amides is 1. The Balaban J connectivity index is 0.00000320. The number of methoxy groups -OCH3 is 1. The number of halogens is 4. The van der Waals surface area contributed by atoms with Gasteiger partial charge in [-0.05, 0) is 48.5 Å². The lowest BCUT2D eigenvalue weighted by molar-refractivity contribution is -0.274. The first-order chi connectivity index (χ1) is 13.8. The number of ether oxygens (including phenoxy) is 2. The molecule has 1 fully saturated rings. The smallest absolute Gasteiger partial charge is 0.497 e. The number of anilines is 2. The molecule has 10 heteroatoms. The maximum Gasteiger partial charge on any atom is 0.573 e. The maximum absolute atomic E-state index is 12.2. The molecule has 0 saturated carbocycles. The van der Waals surface area contributed by atoms with E-state index in [1.54, 1.807) is 7.11 Å². The second-order valence-corrected chi connectivity index (χ2v) is 6.58. The number of nitrogens with zero attached hydrogens (tertiary/aromatic N) is 2. The summed E-state index contributed by atoms with van der Waals surface area (Å²) in [4.78, 5) is 16.5. The van der Waals surface area contributed by atoms with Crippen molar-refractivity contribution >= 4 is 29.7 Å². The van der Waals surface area contributed by atoms with Crippen LogP contribution in [0, 0.1) is 0 Å². The first-order valence-corrected chi connectivity index (χ1v) is 9.09. The van der Waals surface area contributed by atoms with Crippen LogP contribution in [0.15, 0.2) is 48.5 Å². The number of nitrogens with one attached hydrogen (secondary N) is 1. The van der Waals surface area contributed by atoms with Crippen LogP contribution in [-0.2, 0) is 4.79 Å². The fourth-order valence-corrected chi connectivity index (χ4v) is 3.10. The van der Waals surface area contributed by atoms with Gasteiger partial charge < -0.3 is 19.7 Å². The van der Waals surface area contributed by atoms with Gasteiger partial charge >= 0.3 is 6.36 Å². The lowest BCUT2D eigenvalue weighted by Gasteiger charge is -2.35. The summed E-state index contributed by atoms with van der Waals surface area (Å²) in [7, 11) is 1.63. The third-order valence-corrected chi connectivity index (χ3v) is 4.55. The average Bonchev–Trinajstić information content (AvgIpc) is 2.69. The van der Waals surface area contributed by atoms with Gasteiger partial charge in [-0.3, -0.25) is 9.69 Å². The van der Waals surface area contributed by atoms with Gasteiger partial charge in [0.05, 0.1) is 13.7 Å². The van der Waals surface area contributed by atoms with Gasteiger partial charge in [0.15, 0.2) is 0 Å². The second kappa shape index (κ2) is 10.4. The Labute approximate surface area is 179 Å². The Morgan fingerprint density at radius 2 is 1.53 bits per heavy atom. The summed E-state index contributed by atoms with van der Waals surface area (Å²) in [6.07, 6.45) is -4.74. The van der Waals surface area contributed by atoms with Crippen LogP contribution in [0.3, 0.4) is 0 Å². The summed E-state index contributed by atoms with van der Waals surface area (Å²) in [6, 6.07) is 12.9. The molecule has 1 heterocycles. The number of carbonyl (C=O) groups excluding carboxylic acids is 1. The minimum Gasteiger partial charge on any atom is -0.497 e. The van der Waals surface area contributed by atoms with Crippen LogP contribution in [0.4, 0.5) is 24.5 Å². The van der Waals surface area contributed by atoms with Crippen LogP contribution < -0.4 is 19.7 Å². The predicted octanol–water partition coefficient (Wildman–Crippen LogP) is 3.78. The lowest BCUT2D eigenvalue weighted by atomic mass is 10.2. The molecule has 0 unspecified atom stereocenters. The van der Waals surface area contributed by atoms with Crippen LogP contribution in [0.5, 0.6) is 11.5 Å². The van der Waals surface area contributed by atoms with Gasteiger partial charge in [-0.15, -0.1) is 25.6 Å². The highest BCUT2D eigenvalue weighted by atomic mass is 35.5. The molecule has 164 valence electrons. The molecular weight excluding hydrogens is 423 g/mol. The number of piperazine rings is 1. The zero-order valence-electron chi connectivity index (χ0n) is 16.3. The topological polar surface area (TPSA) is 54.0 Å². The molecule has 1 saturated heterocycles.